The molecule has 6 nitrogen and oxygen atoms in total. The Hall–Kier alpha value is -1.85. The second kappa shape index (κ2) is 6.72. The maximum Gasteiger partial charge on any atom is 0.234 e. The van der Waals surface area contributed by atoms with Crippen molar-refractivity contribution in [1.29, 1.82) is 0 Å². The lowest BCUT2D eigenvalue weighted by Gasteiger charge is -2.35. The summed E-state index contributed by atoms with van der Waals surface area (Å²) in [5.74, 6) is 3.03. The van der Waals surface area contributed by atoms with Gasteiger partial charge in [0.1, 0.15) is 0 Å². The average molecular weight is 318 g/mol. The molecule has 0 spiro atoms. The Kier molecular flexibility index (Phi) is 4.68. The van der Waals surface area contributed by atoms with Crippen LogP contribution in [0.2, 0.25) is 0 Å². The molecule has 2 fully saturated rings. The van der Waals surface area contributed by atoms with Crippen molar-refractivity contribution in [2.45, 2.75) is 27.2 Å². The normalized spacial score (nSPS) is 24.0. The third-order valence-corrected chi connectivity index (χ3v) is 4.51. The van der Waals surface area contributed by atoms with E-state index in [0.29, 0.717) is 30.2 Å². The van der Waals surface area contributed by atoms with Crippen LogP contribution in [-0.4, -0.2) is 53.6 Å². The van der Waals surface area contributed by atoms with Gasteiger partial charge in [-0.3, -0.25) is 9.78 Å². The Morgan fingerprint density at radius 3 is 2.61 bits per heavy atom. The van der Waals surface area contributed by atoms with Crippen molar-refractivity contribution in [3.63, 3.8) is 0 Å². The number of rotatable bonds is 5. The lowest BCUT2D eigenvalue weighted by atomic mass is 10.2. The molecule has 1 aliphatic carbocycles. The van der Waals surface area contributed by atoms with Crippen molar-refractivity contribution in [1.82, 2.24) is 14.9 Å². The van der Waals surface area contributed by atoms with Crippen molar-refractivity contribution in [2.75, 3.05) is 37.7 Å². The van der Waals surface area contributed by atoms with Gasteiger partial charge < -0.3 is 14.5 Å². The highest BCUT2D eigenvalue weighted by Gasteiger charge is 2.42. The highest BCUT2D eigenvalue weighted by Crippen LogP contribution is 2.39. The van der Waals surface area contributed by atoms with E-state index in [1.54, 1.807) is 12.4 Å². The fourth-order valence-corrected chi connectivity index (χ4v) is 2.87. The molecule has 0 N–H and O–H groups in total. The van der Waals surface area contributed by atoms with Gasteiger partial charge in [0.05, 0.1) is 19.0 Å². The summed E-state index contributed by atoms with van der Waals surface area (Å²) in [6.07, 6.45) is 4.47. The van der Waals surface area contributed by atoms with E-state index in [1.165, 1.54) is 0 Å². The lowest BCUT2D eigenvalue weighted by molar-refractivity contribution is -0.133. The molecule has 1 amide bonds. The monoisotopic (exact) mass is 318 g/mol. The van der Waals surface area contributed by atoms with Crippen LogP contribution in [0, 0.1) is 17.8 Å². The molecule has 1 saturated heterocycles. The number of carbonyl (C=O) groups is 1. The predicted octanol–water partition coefficient (Wildman–Crippen LogP) is 1.82. The number of aromatic nitrogens is 2. The zero-order valence-electron chi connectivity index (χ0n) is 14.2. The molecule has 0 bridgehead atoms. The molecule has 6 heteroatoms. The SMILES string of the molecule is CC(C)COc1cncc(N2CCN(C(=O)[C@@H]3C[C@@H]3C)CC2)n1. The molecule has 0 radical (unpaired) electrons. The third kappa shape index (κ3) is 3.92. The van der Waals surface area contributed by atoms with Crippen LogP contribution in [0.5, 0.6) is 5.88 Å². The Bertz CT molecular complexity index is 555. The number of ether oxygens (including phenoxy) is 1. The Morgan fingerprint density at radius 1 is 1.30 bits per heavy atom. The third-order valence-electron chi connectivity index (χ3n) is 4.51. The highest BCUT2D eigenvalue weighted by molar-refractivity contribution is 5.81. The standard InChI is InChI=1S/C17H26N4O2/c1-12(2)11-23-16-10-18-9-15(19-16)20-4-6-21(7-5-20)17(22)14-8-13(14)3/h9-10,12-14H,4-8,11H2,1-3H3/t13-,14+/m0/s1. The molecule has 2 aliphatic rings. The molecule has 126 valence electrons. The van der Waals surface area contributed by atoms with Crippen molar-refractivity contribution in [3.8, 4) is 5.88 Å². The molecular formula is C17H26N4O2. The maximum atomic E-state index is 12.3. The van der Waals surface area contributed by atoms with E-state index in [-0.39, 0.29) is 5.92 Å². The van der Waals surface area contributed by atoms with Gasteiger partial charge in [-0.05, 0) is 18.3 Å². The zero-order valence-corrected chi connectivity index (χ0v) is 14.2. The average Bonchev–Trinajstić information content (AvgIpc) is 3.29. The van der Waals surface area contributed by atoms with E-state index < -0.39 is 0 Å². The highest BCUT2D eigenvalue weighted by atomic mass is 16.5. The first-order valence-electron chi connectivity index (χ1n) is 8.53. The van der Waals surface area contributed by atoms with Gasteiger partial charge in [-0.1, -0.05) is 20.8 Å². The van der Waals surface area contributed by atoms with Gasteiger partial charge in [-0.15, -0.1) is 0 Å². The predicted molar refractivity (Wildman–Crippen MR) is 88.4 cm³/mol. The Balaban J connectivity index is 1.55. The number of carbonyl (C=O) groups excluding carboxylic acids is 1. The fraction of sp³-hybridized carbons (Fsp3) is 0.706. The topological polar surface area (TPSA) is 58.6 Å². The van der Waals surface area contributed by atoms with Gasteiger partial charge in [0.15, 0.2) is 5.82 Å². The second-order valence-corrected chi connectivity index (χ2v) is 7.05. The number of hydrogen-bond donors (Lipinski definition) is 0. The molecule has 3 rings (SSSR count). The summed E-state index contributed by atoms with van der Waals surface area (Å²) < 4.78 is 5.64. The van der Waals surface area contributed by atoms with Crippen LogP contribution in [0.25, 0.3) is 0 Å². The number of nitrogens with zero attached hydrogens (tertiary/aromatic N) is 4. The molecule has 0 unspecified atom stereocenters. The Labute approximate surface area is 137 Å². The van der Waals surface area contributed by atoms with Crippen LogP contribution in [-0.2, 0) is 4.79 Å². The van der Waals surface area contributed by atoms with Crippen molar-refractivity contribution < 1.29 is 9.53 Å². The van der Waals surface area contributed by atoms with E-state index in [9.17, 15) is 4.79 Å². The van der Waals surface area contributed by atoms with Gasteiger partial charge in [-0.25, -0.2) is 0 Å². The first-order valence-corrected chi connectivity index (χ1v) is 8.53. The summed E-state index contributed by atoms with van der Waals surface area (Å²) in [5, 5.41) is 0. The van der Waals surface area contributed by atoms with Crippen LogP contribution < -0.4 is 9.64 Å². The van der Waals surface area contributed by atoms with Gasteiger partial charge >= 0.3 is 0 Å². The van der Waals surface area contributed by atoms with Gasteiger partial charge in [0.2, 0.25) is 11.8 Å². The second-order valence-electron chi connectivity index (χ2n) is 7.05. The minimum absolute atomic E-state index is 0.272. The van der Waals surface area contributed by atoms with Crippen LogP contribution in [0.3, 0.4) is 0 Å². The minimum atomic E-state index is 0.272. The summed E-state index contributed by atoms with van der Waals surface area (Å²) in [7, 11) is 0. The van der Waals surface area contributed by atoms with E-state index in [4.69, 9.17) is 4.74 Å². The van der Waals surface area contributed by atoms with E-state index in [2.05, 4.69) is 35.6 Å². The maximum absolute atomic E-state index is 12.3. The fourth-order valence-electron chi connectivity index (χ4n) is 2.87. The number of anilines is 1. The largest absolute Gasteiger partial charge is 0.476 e. The van der Waals surface area contributed by atoms with Crippen molar-refractivity contribution in [2.24, 2.45) is 17.8 Å². The summed E-state index contributed by atoms with van der Waals surface area (Å²) >= 11 is 0. The first kappa shape index (κ1) is 16.0. The van der Waals surface area contributed by atoms with Gasteiger partial charge in [0.25, 0.3) is 0 Å². The summed E-state index contributed by atoms with van der Waals surface area (Å²) in [5.41, 5.74) is 0. The molecule has 23 heavy (non-hydrogen) atoms. The zero-order chi connectivity index (χ0) is 16.4. The Morgan fingerprint density at radius 2 is 2.00 bits per heavy atom. The van der Waals surface area contributed by atoms with E-state index in [0.717, 1.165) is 38.4 Å². The molecule has 0 aromatic carbocycles. The molecule has 1 aromatic rings. The molecule has 1 aromatic heterocycles. The van der Waals surface area contributed by atoms with E-state index >= 15 is 0 Å². The lowest BCUT2D eigenvalue weighted by Crippen LogP contribution is -2.49. The molecular weight excluding hydrogens is 292 g/mol. The summed E-state index contributed by atoms with van der Waals surface area (Å²) in [6, 6.07) is 0. The summed E-state index contributed by atoms with van der Waals surface area (Å²) in [4.78, 5) is 25.2. The summed E-state index contributed by atoms with van der Waals surface area (Å²) in [6.45, 7) is 10.1. The van der Waals surface area contributed by atoms with E-state index in [1.807, 2.05) is 4.90 Å². The number of piperazine rings is 1. The van der Waals surface area contributed by atoms with Crippen LogP contribution >= 0.6 is 0 Å². The van der Waals surface area contributed by atoms with Gasteiger partial charge in [0, 0.05) is 32.1 Å². The molecule has 1 aliphatic heterocycles. The molecule has 2 atom stereocenters. The minimum Gasteiger partial charge on any atom is -0.476 e. The van der Waals surface area contributed by atoms with Crippen LogP contribution in [0.1, 0.15) is 27.2 Å². The number of hydrogen-bond acceptors (Lipinski definition) is 5. The van der Waals surface area contributed by atoms with Crippen molar-refractivity contribution in [3.05, 3.63) is 12.4 Å². The van der Waals surface area contributed by atoms with Crippen molar-refractivity contribution >= 4 is 11.7 Å². The molecule has 2 heterocycles. The smallest absolute Gasteiger partial charge is 0.234 e. The van der Waals surface area contributed by atoms with Gasteiger partial charge in [-0.2, -0.15) is 4.98 Å². The van der Waals surface area contributed by atoms with Crippen LogP contribution in [0.4, 0.5) is 5.82 Å². The quantitative estimate of drug-likeness (QED) is 0.829. The molecule has 1 saturated carbocycles. The first-order chi connectivity index (χ1) is 11.0. The number of amides is 1. The van der Waals surface area contributed by atoms with Crippen LogP contribution in [0.15, 0.2) is 12.4 Å².